The number of tetrazole rings is 1. The third-order valence-electron chi connectivity index (χ3n) is 5.11. The van der Waals surface area contributed by atoms with E-state index in [4.69, 9.17) is 4.74 Å². The van der Waals surface area contributed by atoms with Crippen LogP contribution in [0.25, 0.3) is 5.69 Å². The Hall–Kier alpha value is -3.11. The lowest BCUT2D eigenvalue weighted by Gasteiger charge is -2.35. The van der Waals surface area contributed by atoms with E-state index in [1.54, 1.807) is 11.8 Å². The first-order chi connectivity index (χ1) is 15.2. The van der Waals surface area contributed by atoms with Crippen LogP contribution < -0.4 is 15.0 Å². The molecule has 0 spiro atoms. The quantitative estimate of drug-likeness (QED) is 0.561. The van der Waals surface area contributed by atoms with Gasteiger partial charge in [-0.05, 0) is 41.7 Å². The summed E-state index contributed by atoms with van der Waals surface area (Å²) in [6.45, 7) is 3.88. The molecule has 0 saturated carbocycles. The predicted octanol–water partition coefficient (Wildman–Crippen LogP) is 2.15. The van der Waals surface area contributed by atoms with Gasteiger partial charge in [-0.1, -0.05) is 36.0 Å². The Morgan fingerprint density at radius 1 is 1.06 bits per heavy atom. The smallest absolute Gasteiger partial charge is 0.234 e. The molecule has 0 radical (unpaired) electrons. The molecule has 1 aliphatic heterocycles. The van der Waals surface area contributed by atoms with Crippen molar-refractivity contribution in [2.75, 3.05) is 56.3 Å². The number of rotatable bonds is 7. The minimum Gasteiger partial charge on any atom is -0.494 e. The van der Waals surface area contributed by atoms with E-state index in [-0.39, 0.29) is 11.7 Å². The minimum atomic E-state index is -0.110. The molecular weight excluding hydrogens is 414 g/mol. The molecule has 2 aromatic carbocycles. The highest BCUT2D eigenvalue weighted by molar-refractivity contribution is 7.99. The number of nitrogens with one attached hydrogen (secondary N) is 1. The molecule has 2 heterocycles. The highest BCUT2D eigenvalue weighted by Gasteiger charge is 2.19. The van der Waals surface area contributed by atoms with Crippen LogP contribution in [0, 0.1) is 0 Å². The van der Waals surface area contributed by atoms with E-state index in [0.29, 0.717) is 10.9 Å². The maximum atomic E-state index is 12.7. The number of ether oxygens (including phenoxy) is 1. The second kappa shape index (κ2) is 9.80. The summed E-state index contributed by atoms with van der Waals surface area (Å²) in [5, 5.41) is 15.4. The lowest BCUT2D eigenvalue weighted by atomic mass is 10.2. The van der Waals surface area contributed by atoms with E-state index in [1.807, 2.05) is 42.5 Å². The molecule has 4 rings (SSSR count). The van der Waals surface area contributed by atoms with Crippen molar-refractivity contribution in [1.82, 2.24) is 25.1 Å². The van der Waals surface area contributed by atoms with Crippen molar-refractivity contribution in [3.05, 3.63) is 48.5 Å². The zero-order valence-corrected chi connectivity index (χ0v) is 18.4. The summed E-state index contributed by atoms with van der Waals surface area (Å²) < 4.78 is 6.97. The average molecular weight is 440 g/mol. The Morgan fingerprint density at radius 3 is 2.55 bits per heavy atom. The van der Waals surface area contributed by atoms with Gasteiger partial charge in [0.05, 0.1) is 24.2 Å². The van der Waals surface area contributed by atoms with E-state index in [9.17, 15) is 4.79 Å². The number of carbonyl (C=O) groups excluding carboxylic acids is 1. The van der Waals surface area contributed by atoms with Crippen LogP contribution in [0.4, 0.5) is 11.4 Å². The predicted molar refractivity (Wildman–Crippen MR) is 121 cm³/mol. The third kappa shape index (κ3) is 4.97. The van der Waals surface area contributed by atoms with Gasteiger partial charge in [-0.25, -0.2) is 0 Å². The van der Waals surface area contributed by atoms with Gasteiger partial charge in [0, 0.05) is 26.2 Å². The Labute approximate surface area is 185 Å². The van der Waals surface area contributed by atoms with Gasteiger partial charge in [-0.3, -0.25) is 4.79 Å². The number of amides is 1. The van der Waals surface area contributed by atoms with E-state index in [2.05, 4.69) is 43.8 Å². The van der Waals surface area contributed by atoms with Gasteiger partial charge in [0.15, 0.2) is 0 Å². The van der Waals surface area contributed by atoms with Crippen LogP contribution in [-0.2, 0) is 4.79 Å². The molecule has 1 N–H and O–H groups in total. The number of hydrogen-bond acceptors (Lipinski definition) is 8. The van der Waals surface area contributed by atoms with Crippen molar-refractivity contribution in [1.29, 1.82) is 0 Å². The molecule has 0 aliphatic carbocycles. The number of methoxy groups -OCH3 is 1. The number of anilines is 2. The number of benzene rings is 2. The van der Waals surface area contributed by atoms with Crippen LogP contribution in [0.2, 0.25) is 0 Å². The first kappa shape index (κ1) is 21.1. The maximum absolute atomic E-state index is 12.7. The molecule has 0 unspecified atom stereocenters. The standard InChI is InChI=1S/C21H25N7O2S/c1-26-11-13-27(14-12-26)17-8-4-3-7-16(17)22-20(29)15-31-21-23-24-25-28(21)18-9-5-6-10-19(18)30-2/h3-10H,11-15H2,1-2H3,(H,22,29). The zero-order valence-electron chi connectivity index (χ0n) is 17.6. The van der Waals surface area contributed by atoms with Crippen LogP contribution in [0.3, 0.4) is 0 Å². The number of likely N-dealkylation sites (N-methyl/N-ethyl adjacent to an activating group) is 1. The molecule has 1 aliphatic rings. The maximum Gasteiger partial charge on any atom is 0.234 e. The molecule has 1 amide bonds. The van der Waals surface area contributed by atoms with Crippen LogP contribution in [-0.4, -0.2) is 77.1 Å². The summed E-state index contributed by atoms with van der Waals surface area (Å²) in [5.41, 5.74) is 2.59. The lowest BCUT2D eigenvalue weighted by Crippen LogP contribution is -2.44. The molecule has 31 heavy (non-hydrogen) atoms. The number of piperazine rings is 1. The van der Waals surface area contributed by atoms with Crippen molar-refractivity contribution in [3.63, 3.8) is 0 Å². The largest absolute Gasteiger partial charge is 0.494 e. The molecule has 1 fully saturated rings. The summed E-state index contributed by atoms with van der Waals surface area (Å²) >= 11 is 1.28. The van der Waals surface area contributed by atoms with Gasteiger partial charge in [0.1, 0.15) is 11.4 Å². The normalized spacial score (nSPS) is 14.5. The lowest BCUT2D eigenvalue weighted by molar-refractivity contribution is -0.113. The van der Waals surface area contributed by atoms with E-state index in [0.717, 1.165) is 43.2 Å². The van der Waals surface area contributed by atoms with Crippen LogP contribution >= 0.6 is 11.8 Å². The van der Waals surface area contributed by atoms with Crippen molar-refractivity contribution < 1.29 is 9.53 Å². The number of aromatic nitrogens is 4. The SMILES string of the molecule is COc1ccccc1-n1nnnc1SCC(=O)Nc1ccccc1N1CCN(C)CC1. The molecule has 1 saturated heterocycles. The fourth-order valence-corrected chi connectivity index (χ4v) is 4.13. The van der Waals surface area contributed by atoms with E-state index < -0.39 is 0 Å². The topological polar surface area (TPSA) is 88.4 Å². The fourth-order valence-electron chi connectivity index (χ4n) is 3.44. The number of carbonyl (C=O) groups is 1. The Kier molecular flexibility index (Phi) is 6.68. The number of nitrogens with zero attached hydrogens (tertiary/aromatic N) is 6. The second-order valence-corrected chi connectivity index (χ2v) is 8.13. The van der Waals surface area contributed by atoms with Crippen molar-refractivity contribution in [2.45, 2.75) is 5.16 Å². The molecule has 10 heteroatoms. The third-order valence-corrected chi connectivity index (χ3v) is 6.03. The number of para-hydroxylation sites is 4. The highest BCUT2D eigenvalue weighted by Crippen LogP contribution is 2.28. The number of hydrogen-bond donors (Lipinski definition) is 1. The van der Waals surface area contributed by atoms with Gasteiger partial charge in [0.25, 0.3) is 0 Å². The van der Waals surface area contributed by atoms with Crippen molar-refractivity contribution >= 4 is 29.0 Å². The Bertz CT molecular complexity index is 1030. The van der Waals surface area contributed by atoms with Crippen LogP contribution in [0.5, 0.6) is 5.75 Å². The molecule has 0 atom stereocenters. The molecule has 0 bridgehead atoms. The first-order valence-corrected chi connectivity index (χ1v) is 11.0. The zero-order chi connectivity index (χ0) is 21.6. The molecule has 1 aromatic heterocycles. The van der Waals surface area contributed by atoms with Gasteiger partial charge in [0.2, 0.25) is 11.1 Å². The van der Waals surface area contributed by atoms with Gasteiger partial charge in [-0.15, -0.1) is 5.10 Å². The van der Waals surface area contributed by atoms with Gasteiger partial charge >= 0.3 is 0 Å². The van der Waals surface area contributed by atoms with Crippen molar-refractivity contribution in [3.8, 4) is 11.4 Å². The van der Waals surface area contributed by atoms with Crippen molar-refractivity contribution in [2.24, 2.45) is 0 Å². The molecule has 3 aromatic rings. The molecule has 162 valence electrons. The second-order valence-electron chi connectivity index (χ2n) is 7.19. The highest BCUT2D eigenvalue weighted by atomic mass is 32.2. The minimum absolute atomic E-state index is 0.110. The molecular formula is C21H25N7O2S. The summed E-state index contributed by atoms with van der Waals surface area (Å²) in [6, 6.07) is 15.4. The van der Waals surface area contributed by atoms with Gasteiger partial charge < -0.3 is 19.9 Å². The first-order valence-electron chi connectivity index (χ1n) is 10.0. The van der Waals surface area contributed by atoms with Crippen LogP contribution in [0.1, 0.15) is 0 Å². The fraction of sp³-hybridized carbons (Fsp3) is 0.333. The summed E-state index contributed by atoms with van der Waals surface area (Å²) in [5.74, 6) is 0.732. The van der Waals surface area contributed by atoms with E-state index in [1.165, 1.54) is 11.8 Å². The monoisotopic (exact) mass is 439 g/mol. The Balaban J connectivity index is 1.42. The summed E-state index contributed by atoms with van der Waals surface area (Å²) in [6.07, 6.45) is 0. The number of thioether (sulfide) groups is 1. The summed E-state index contributed by atoms with van der Waals surface area (Å²) in [4.78, 5) is 17.3. The van der Waals surface area contributed by atoms with E-state index >= 15 is 0 Å². The van der Waals surface area contributed by atoms with Crippen LogP contribution in [0.15, 0.2) is 53.7 Å². The molecule has 9 nitrogen and oxygen atoms in total. The average Bonchev–Trinajstić information content (AvgIpc) is 3.27. The Morgan fingerprint density at radius 2 is 1.77 bits per heavy atom. The summed E-state index contributed by atoms with van der Waals surface area (Å²) in [7, 11) is 3.72. The van der Waals surface area contributed by atoms with Gasteiger partial charge in [-0.2, -0.15) is 4.68 Å².